The number of hydrogen-bond acceptors (Lipinski definition) is 2. The lowest BCUT2D eigenvalue weighted by Crippen LogP contribution is -2.41. The molecule has 21 heavy (non-hydrogen) atoms. The first-order valence-corrected chi connectivity index (χ1v) is 7.96. The molecule has 2 aromatic rings. The van der Waals surface area contributed by atoms with Crippen molar-refractivity contribution < 1.29 is 4.39 Å². The van der Waals surface area contributed by atoms with Crippen molar-refractivity contribution in [3.05, 3.63) is 29.8 Å². The fourth-order valence-corrected chi connectivity index (χ4v) is 3.65. The third kappa shape index (κ3) is 2.35. The van der Waals surface area contributed by atoms with E-state index in [0.29, 0.717) is 6.54 Å². The van der Waals surface area contributed by atoms with Crippen molar-refractivity contribution in [2.24, 2.45) is 11.7 Å². The summed E-state index contributed by atoms with van der Waals surface area (Å²) in [4.78, 5) is 4.83. The number of benzene rings is 1. The summed E-state index contributed by atoms with van der Waals surface area (Å²) >= 11 is 0. The van der Waals surface area contributed by atoms with Crippen LogP contribution in [0, 0.1) is 11.7 Å². The van der Waals surface area contributed by atoms with Crippen molar-refractivity contribution in [2.75, 3.05) is 6.54 Å². The molecule has 1 aromatic carbocycles. The summed E-state index contributed by atoms with van der Waals surface area (Å²) in [7, 11) is 0. The fourth-order valence-electron chi connectivity index (χ4n) is 3.65. The van der Waals surface area contributed by atoms with Gasteiger partial charge in [-0.1, -0.05) is 6.92 Å². The fraction of sp³-hybridized carbons (Fsp3) is 0.588. The number of halogens is 1. The van der Waals surface area contributed by atoms with Crippen LogP contribution in [-0.2, 0) is 12.0 Å². The maximum absolute atomic E-state index is 13.6. The standard InChI is InChI=1S/C17H24FN3/c1-3-21-15-10-13(18)4-5-14(15)20-16(21)17(11-19)8-6-12(2)7-9-17/h4-5,10,12H,3,6-9,11,19H2,1-2H3. The minimum absolute atomic E-state index is 0.0436. The van der Waals surface area contributed by atoms with E-state index in [2.05, 4.69) is 18.4 Å². The van der Waals surface area contributed by atoms with Gasteiger partial charge >= 0.3 is 0 Å². The molecule has 3 nitrogen and oxygen atoms in total. The highest BCUT2D eigenvalue weighted by Crippen LogP contribution is 2.41. The molecule has 114 valence electrons. The molecule has 1 heterocycles. The molecule has 1 fully saturated rings. The average molecular weight is 289 g/mol. The highest BCUT2D eigenvalue weighted by atomic mass is 19.1. The van der Waals surface area contributed by atoms with E-state index in [0.717, 1.165) is 42.2 Å². The van der Waals surface area contributed by atoms with Crippen molar-refractivity contribution in [3.8, 4) is 0 Å². The van der Waals surface area contributed by atoms with Crippen LogP contribution in [0.15, 0.2) is 18.2 Å². The second-order valence-electron chi connectivity index (χ2n) is 6.48. The van der Waals surface area contributed by atoms with Gasteiger partial charge in [-0.05, 0) is 56.7 Å². The monoisotopic (exact) mass is 289 g/mol. The van der Waals surface area contributed by atoms with Crippen molar-refractivity contribution in [3.63, 3.8) is 0 Å². The van der Waals surface area contributed by atoms with Crippen LogP contribution >= 0.6 is 0 Å². The Kier molecular flexibility index (Phi) is 3.74. The zero-order valence-electron chi connectivity index (χ0n) is 12.9. The van der Waals surface area contributed by atoms with Crippen LogP contribution in [0.25, 0.3) is 11.0 Å². The SMILES string of the molecule is CCn1c(C2(CN)CCC(C)CC2)nc2ccc(F)cc21. The lowest BCUT2D eigenvalue weighted by molar-refractivity contribution is 0.232. The van der Waals surface area contributed by atoms with Crippen LogP contribution in [0.5, 0.6) is 0 Å². The van der Waals surface area contributed by atoms with Crippen LogP contribution in [0.2, 0.25) is 0 Å². The molecule has 0 radical (unpaired) electrons. The molecule has 1 aliphatic rings. The van der Waals surface area contributed by atoms with Crippen LogP contribution in [0.1, 0.15) is 45.4 Å². The predicted octanol–water partition coefficient (Wildman–Crippen LogP) is 3.60. The second kappa shape index (κ2) is 5.41. The highest BCUT2D eigenvalue weighted by Gasteiger charge is 2.38. The molecule has 0 atom stereocenters. The molecule has 4 heteroatoms. The van der Waals surface area contributed by atoms with E-state index in [4.69, 9.17) is 10.7 Å². The topological polar surface area (TPSA) is 43.8 Å². The quantitative estimate of drug-likeness (QED) is 0.938. The Morgan fingerprint density at radius 3 is 2.71 bits per heavy atom. The molecule has 3 rings (SSSR count). The molecule has 0 aliphatic heterocycles. The lowest BCUT2D eigenvalue weighted by Gasteiger charge is -2.38. The van der Waals surface area contributed by atoms with Crippen molar-refractivity contribution in [1.29, 1.82) is 0 Å². The van der Waals surface area contributed by atoms with Crippen molar-refractivity contribution >= 4 is 11.0 Å². The van der Waals surface area contributed by atoms with Gasteiger partial charge in [0.15, 0.2) is 0 Å². The van der Waals surface area contributed by atoms with Crippen molar-refractivity contribution in [2.45, 2.75) is 51.5 Å². The molecule has 1 aliphatic carbocycles. The van der Waals surface area contributed by atoms with Gasteiger partial charge in [0.05, 0.1) is 11.0 Å². The van der Waals surface area contributed by atoms with Crippen LogP contribution in [0.4, 0.5) is 4.39 Å². The molecule has 0 amide bonds. The zero-order chi connectivity index (χ0) is 15.0. The molecule has 0 spiro atoms. The van der Waals surface area contributed by atoms with Gasteiger partial charge in [-0.25, -0.2) is 9.37 Å². The molecule has 0 unspecified atom stereocenters. The van der Waals surface area contributed by atoms with Gasteiger partial charge in [0.2, 0.25) is 0 Å². The molecular formula is C17H24FN3. The summed E-state index contributed by atoms with van der Waals surface area (Å²) in [5.41, 5.74) is 7.88. The summed E-state index contributed by atoms with van der Waals surface area (Å²) in [5.74, 6) is 1.62. The van der Waals surface area contributed by atoms with Gasteiger partial charge < -0.3 is 10.3 Å². The van der Waals surface area contributed by atoms with Crippen LogP contribution in [0.3, 0.4) is 0 Å². The van der Waals surface area contributed by atoms with Gasteiger partial charge in [-0.2, -0.15) is 0 Å². The number of nitrogens with two attached hydrogens (primary N) is 1. The number of nitrogens with zero attached hydrogens (tertiary/aromatic N) is 2. The molecular weight excluding hydrogens is 265 g/mol. The smallest absolute Gasteiger partial charge is 0.125 e. The summed E-state index contributed by atoms with van der Waals surface area (Å²) in [6.45, 7) is 5.81. The van der Waals surface area contributed by atoms with E-state index >= 15 is 0 Å². The number of aryl methyl sites for hydroxylation is 1. The minimum atomic E-state index is -0.206. The first-order chi connectivity index (χ1) is 10.1. The Morgan fingerprint density at radius 2 is 2.10 bits per heavy atom. The Hall–Kier alpha value is -1.42. The third-order valence-electron chi connectivity index (χ3n) is 5.12. The van der Waals surface area contributed by atoms with E-state index in [1.54, 1.807) is 12.1 Å². The summed E-state index contributed by atoms with van der Waals surface area (Å²) in [6, 6.07) is 4.85. The number of imidazole rings is 1. The Labute approximate surface area is 125 Å². The number of rotatable bonds is 3. The van der Waals surface area contributed by atoms with E-state index in [-0.39, 0.29) is 11.2 Å². The predicted molar refractivity (Wildman–Crippen MR) is 83.7 cm³/mol. The maximum Gasteiger partial charge on any atom is 0.125 e. The van der Waals surface area contributed by atoms with E-state index < -0.39 is 0 Å². The first kappa shape index (κ1) is 14.5. The Morgan fingerprint density at radius 1 is 1.38 bits per heavy atom. The number of hydrogen-bond donors (Lipinski definition) is 1. The van der Waals surface area contributed by atoms with Gasteiger partial charge in [0.25, 0.3) is 0 Å². The molecule has 1 saturated carbocycles. The number of fused-ring (bicyclic) bond motifs is 1. The van der Waals surface area contributed by atoms with Gasteiger partial charge in [0, 0.05) is 18.5 Å². The first-order valence-electron chi connectivity index (χ1n) is 7.96. The molecule has 1 aromatic heterocycles. The normalized spacial score (nSPS) is 26.4. The third-order valence-corrected chi connectivity index (χ3v) is 5.12. The second-order valence-corrected chi connectivity index (χ2v) is 6.48. The highest BCUT2D eigenvalue weighted by molar-refractivity contribution is 5.76. The maximum atomic E-state index is 13.6. The summed E-state index contributed by atoms with van der Waals surface area (Å²) in [6.07, 6.45) is 4.55. The summed E-state index contributed by atoms with van der Waals surface area (Å²) in [5, 5.41) is 0. The van der Waals surface area contributed by atoms with Gasteiger partial charge in [0.1, 0.15) is 11.6 Å². The van der Waals surface area contributed by atoms with E-state index in [1.807, 2.05) is 0 Å². The average Bonchev–Trinajstić information content (AvgIpc) is 2.86. The zero-order valence-corrected chi connectivity index (χ0v) is 12.9. The van der Waals surface area contributed by atoms with Crippen LogP contribution in [-0.4, -0.2) is 16.1 Å². The molecule has 0 saturated heterocycles. The van der Waals surface area contributed by atoms with E-state index in [1.165, 1.54) is 18.9 Å². The molecule has 2 N–H and O–H groups in total. The minimum Gasteiger partial charge on any atom is -0.329 e. The van der Waals surface area contributed by atoms with Crippen LogP contribution < -0.4 is 5.73 Å². The van der Waals surface area contributed by atoms with Gasteiger partial charge in [-0.3, -0.25) is 0 Å². The van der Waals surface area contributed by atoms with Crippen molar-refractivity contribution in [1.82, 2.24) is 9.55 Å². The number of aromatic nitrogens is 2. The van der Waals surface area contributed by atoms with E-state index in [9.17, 15) is 4.39 Å². The molecule has 0 bridgehead atoms. The Balaban J connectivity index is 2.14. The Bertz CT molecular complexity index is 639. The van der Waals surface area contributed by atoms with Gasteiger partial charge in [-0.15, -0.1) is 0 Å². The lowest BCUT2D eigenvalue weighted by atomic mass is 9.70. The summed E-state index contributed by atoms with van der Waals surface area (Å²) < 4.78 is 15.7. The largest absolute Gasteiger partial charge is 0.329 e.